The van der Waals surface area contributed by atoms with Crippen molar-refractivity contribution in [2.45, 2.75) is 37.6 Å². The summed E-state index contributed by atoms with van der Waals surface area (Å²) in [5, 5.41) is 0. The van der Waals surface area contributed by atoms with Gasteiger partial charge in [0.15, 0.2) is 0 Å². The second kappa shape index (κ2) is 6.03. The van der Waals surface area contributed by atoms with Crippen molar-refractivity contribution >= 4 is 18.3 Å². The van der Waals surface area contributed by atoms with E-state index in [-0.39, 0.29) is 18.3 Å². The van der Waals surface area contributed by atoms with E-state index in [1.165, 1.54) is 6.42 Å². The largest absolute Gasteiger partial charge is 0.339 e. The summed E-state index contributed by atoms with van der Waals surface area (Å²) in [6, 6.07) is 0. The molecule has 0 aromatic carbocycles. The lowest BCUT2D eigenvalue weighted by Crippen LogP contribution is -2.59. The first-order chi connectivity index (χ1) is 7.62. The van der Waals surface area contributed by atoms with Crippen molar-refractivity contribution < 1.29 is 4.79 Å². The predicted octanol–water partition coefficient (Wildman–Crippen LogP) is 0.844. The number of halogens is 1. The van der Waals surface area contributed by atoms with E-state index < -0.39 is 5.54 Å². The van der Waals surface area contributed by atoms with Gasteiger partial charge in [-0.1, -0.05) is 19.3 Å². The van der Waals surface area contributed by atoms with Gasteiger partial charge >= 0.3 is 0 Å². The first kappa shape index (κ1) is 14.7. The first-order valence-corrected chi connectivity index (χ1v) is 6.39. The fourth-order valence-corrected chi connectivity index (χ4v) is 2.72. The van der Waals surface area contributed by atoms with E-state index in [2.05, 4.69) is 11.9 Å². The van der Waals surface area contributed by atoms with Crippen molar-refractivity contribution in [1.82, 2.24) is 9.80 Å². The van der Waals surface area contributed by atoms with Crippen LogP contribution in [0.15, 0.2) is 0 Å². The van der Waals surface area contributed by atoms with Gasteiger partial charge in [-0.2, -0.15) is 0 Å². The third-order valence-electron chi connectivity index (χ3n) is 3.96. The zero-order valence-corrected chi connectivity index (χ0v) is 11.5. The van der Waals surface area contributed by atoms with E-state index in [1.54, 1.807) is 0 Å². The van der Waals surface area contributed by atoms with Gasteiger partial charge < -0.3 is 15.5 Å². The molecule has 2 fully saturated rings. The number of hydrogen-bond acceptors (Lipinski definition) is 3. The van der Waals surface area contributed by atoms with Gasteiger partial charge in [-0.3, -0.25) is 4.79 Å². The topological polar surface area (TPSA) is 49.6 Å². The lowest BCUT2D eigenvalue weighted by molar-refractivity contribution is -0.139. The first-order valence-electron chi connectivity index (χ1n) is 6.39. The van der Waals surface area contributed by atoms with Crippen molar-refractivity contribution in [3.63, 3.8) is 0 Å². The molecule has 5 heteroatoms. The van der Waals surface area contributed by atoms with Crippen LogP contribution in [-0.4, -0.2) is 54.5 Å². The van der Waals surface area contributed by atoms with E-state index in [9.17, 15) is 4.79 Å². The number of carbonyl (C=O) groups excluding carboxylic acids is 1. The molecule has 2 aliphatic rings. The number of rotatable bonds is 1. The number of carbonyl (C=O) groups is 1. The standard InChI is InChI=1S/C12H23N3O.ClH/c1-14-7-9-15(10-8-14)11(16)12(13)5-3-2-4-6-12;/h2-10,13H2,1H3;1H. The van der Waals surface area contributed by atoms with E-state index in [4.69, 9.17) is 5.73 Å². The average Bonchev–Trinajstić information content (AvgIpc) is 2.30. The van der Waals surface area contributed by atoms with Crippen LogP contribution >= 0.6 is 12.4 Å². The van der Waals surface area contributed by atoms with E-state index in [0.717, 1.165) is 51.9 Å². The van der Waals surface area contributed by atoms with Crippen molar-refractivity contribution in [3.05, 3.63) is 0 Å². The maximum atomic E-state index is 12.4. The number of nitrogens with two attached hydrogens (primary N) is 1. The van der Waals surface area contributed by atoms with Crippen molar-refractivity contribution in [2.75, 3.05) is 33.2 Å². The van der Waals surface area contributed by atoms with Gasteiger partial charge in [-0.25, -0.2) is 0 Å². The predicted molar refractivity (Wildman–Crippen MR) is 71.3 cm³/mol. The number of amides is 1. The normalized spacial score (nSPS) is 25.2. The van der Waals surface area contributed by atoms with Gasteiger partial charge in [0.05, 0.1) is 5.54 Å². The fourth-order valence-electron chi connectivity index (χ4n) is 2.72. The van der Waals surface area contributed by atoms with E-state index >= 15 is 0 Å². The highest BCUT2D eigenvalue weighted by Gasteiger charge is 2.38. The van der Waals surface area contributed by atoms with Gasteiger partial charge in [-0.15, -0.1) is 12.4 Å². The number of hydrogen-bond donors (Lipinski definition) is 1. The van der Waals surface area contributed by atoms with Crippen LogP contribution in [0.25, 0.3) is 0 Å². The Morgan fingerprint density at radius 3 is 2.12 bits per heavy atom. The summed E-state index contributed by atoms with van der Waals surface area (Å²) < 4.78 is 0. The molecule has 0 bridgehead atoms. The summed E-state index contributed by atoms with van der Waals surface area (Å²) in [7, 11) is 2.10. The molecule has 1 saturated heterocycles. The van der Waals surface area contributed by atoms with Crippen LogP contribution < -0.4 is 5.73 Å². The minimum atomic E-state index is -0.547. The van der Waals surface area contributed by atoms with Gasteiger partial charge in [-0.05, 0) is 19.9 Å². The maximum absolute atomic E-state index is 12.4. The van der Waals surface area contributed by atoms with Crippen LogP contribution in [0.1, 0.15) is 32.1 Å². The quantitative estimate of drug-likeness (QED) is 0.761. The van der Waals surface area contributed by atoms with Crippen LogP contribution in [0.3, 0.4) is 0 Å². The van der Waals surface area contributed by atoms with E-state index in [0.29, 0.717) is 0 Å². The highest BCUT2D eigenvalue weighted by Crippen LogP contribution is 2.27. The zero-order valence-electron chi connectivity index (χ0n) is 10.7. The van der Waals surface area contributed by atoms with Crippen LogP contribution in [-0.2, 0) is 4.79 Å². The molecule has 1 heterocycles. The van der Waals surface area contributed by atoms with Crippen molar-refractivity contribution in [1.29, 1.82) is 0 Å². The minimum Gasteiger partial charge on any atom is -0.339 e. The molecule has 0 aromatic heterocycles. The zero-order chi connectivity index (χ0) is 11.6. The SMILES string of the molecule is CN1CCN(C(=O)C2(N)CCCCC2)CC1.Cl. The molecule has 17 heavy (non-hydrogen) atoms. The Balaban J connectivity index is 0.00000144. The van der Waals surface area contributed by atoms with Gasteiger partial charge in [0.1, 0.15) is 0 Å². The lowest BCUT2D eigenvalue weighted by Gasteiger charge is -2.40. The van der Waals surface area contributed by atoms with Crippen LogP contribution in [0.4, 0.5) is 0 Å². The number of likely N-dealkylation sites (N-methyl/N-ethyl adjacent to an activating group) is 1. The molecule has 0 spiro atoms. The molecule has 0 unspecified atom stereocenters. The Labute approximate surface area is 110 Å². The molecule has 100 valence electrons. The molecule has 1 aliphatic carbocycles. The van der Waals surface area contributed by atoms with Crippen LogP contribution in [0.2, 0.25) is 0 Å². The molecule has 0 aromatic rings. The second-order valence-electron chi connectivity index (χ2n) is 5.31. The molecule has 1 saturated carbocycles. The van der Waals surface area contributed by atoms with Crippen LogP contribution in [0.5, 0.6) is 0 Å². The molecular formula is C12H24ClN3O. The third-order valence-corrected chi connectivity index (χ3v) is 3.96. The van der Waals surface area contributed by atoms with Crippen molar-refractivity contribution in [2.24, 2.45) is 5.73 Å². The summed E-state index contributed by atoms with van der Waals surface area (Å²) in [5.41, 5.74) is 5.72. The van der Waals surface area contributed by atoms with Crippen molar-refractivity contribution in [3.8, 4) is 0 Å². The summed E-state index contributed by atoms with van der Waals surface area (Å²) >= 11 is 0. The maximum Gasteiger partial charge on any atom is 0.242 e. The van der Waals surface area contributed by atoms with Gasteiger partial charge in [0, 0.05) is 26.2 Å². The molecule has 2 N–H and O–H groups in total. The summed E-state index contributed by atoms with van der Waals surface area (Å²) in [5.74, 6) is 0.195. The summed E-state index contributed by atoms with van der Waals surface area (Å²) in [6.07, 6.45) is 5.19. The number of nitrogens with zero attached hydrogens (tertiary/aromatic N) is 2. The van der Waals surface area contributed by atoms with E-state index in [1.807, 2.05) is 4.90 Å². The summed E-state index contributed by atoms with van der Waals surface area (Å²) in [6.45, 7) is 3.63. The highest BCUT2D eigenvalue weighted by atomic mass is 35.5. The molecular weight excluding hydrogens is 238 g/mol. The third kappa shape index (κ3) is 3.33. The monoisotopic (exact) mass is 261 g/mol. The molecule has 2 rings (SSSR count). The molecule has 0 atom stereocenters. The Kier molecular flexibility index (Phi) is 5.22. The lowest BCUT2D eigenvalue weighted by atomic mass is 9.81. The van der Waals surface area contributed by atoms with Crippen LogP contribution in [0, 0.1) is 0 Å². The molecule has 4 nitrogen and oxygen atoms in total. The Morgan fingerprint density at radius 1 is 1.06 bits per heavy atom. The summed E-state index contributed by atoms with van der Waals surface area (Å²) in [4.78, 5) is 16.6. The minimum absolute atomic E-state index is 0. The Bertz CT molecular complexity index is 258. The molecule has 0 radical (unpaired) electrons. The Hall–Kier alpha value is -0.320. The fraction of sp³-hybridized carbons (Fsp3) is 0.917. The van der Waals surface area contributed by atoms with Gasteiger partial charge in [0.2, 0.25) is 5.91 Å². The Morgan fingerprint density at radius 2 is 1.59 bits per heavy atom. The number of piperazine rings is 1. The highest BCUT2D eigenvalue weighted by molar-refractivity contribution is 5.86. The average molecular weight is 262 g/mol. The van der Waals surface area contributed by atoms with Gasteiger partial charge in [0.25, 0.3) is 0 Å². The molecule has 1 amide bonds. The smallest absolute Gasteiger partial charge is 0.242 e. The molecule has 1 aliphatic heterocycles. The second-order valence-corrected chi connectivity index (χ2v) is 5.31.